The van der Waals surface area contributed by atoms with E-state index in [4.69, 9.17) is 0 Å². The molecule has 0 aromatic heterocycles. The first-order valence-electron chi connectivity index (χ1n) is 56.8. The molecule has 12 atom stereocenters. The zero-order valence-corrected chi connectivity index (χ0v) is 78.2. The number of nitrogens with zero attached hydrogens (tertiary/aromatic N) is 4. The van der Waals surface area contributed by atoms with Crippen molar-refractivity contribution in [3.05, 3.63) is 0 Å². The van der Waals surface area contributed by atoms with Crippen molar-refractivity contribution in [1.29, 1.82) is 0 Å². The Morgan fingerprint density at radius 3 is 0.362 bits per heavy atom. The molecule has 0 heterocycles. The summed E-state index contributed by atoms with van der Waals surface area (Å²) in [6.45, 7) is 0. The van der Waals surface area contributed by atoms with Gasteiger partial charge in [0.15, 0.2) is 0 Å². The second-order valence-electron chi connectivity index (χ2n) is 45.8. The van der Waals surface area contributed by atoms with Crippen molar-refractivity contribution in [1.82, 2.24) is 19.6 Å². The van der Waals surface area contributed by atoms with E-state index in [1.165, 1.54) is 437 Å². The highest BCUT2D eigenvalue weighted by Crippen LogP contribution is 2.76. The van der Waals surface area contributed by atoms with Gasteiger partial charge < -0.3 is 0 Å². The van der Waals surface area contributed by atoms with Gasteiger partial charge in [-0.15, -0.1) is 0 Å². The fourth-order valence-corrected chi connectivity index (χ4v) is 33.6. The summed E-state index contributed by atoms with van der Waals surface area (Å²) in [5.74, 6) is 7.89. The molecular weight excluding hydrogens is 1400 g/mol. The Morgan fingerprint density at radius 1 is 0.0948 bits per heavy atom. The molecule has 1 spiro atoms. The van der Waals surface area contributed by atoms with Crippen LogP contribution >= 0.6 is 0 Å². The molecule has 12 unspecified atom stereocenters. The zero-order valence-electron chi connectivity index (χ0n) is 78.2. The lowest BCUT2D eigenvalue weighted by molar-refractivity contribution is -0.0286. The van der Waals surface area contributed by atoms with Crippen molar-refractivity contribution in [2.24, 2.45) is 52.8 Å². The van der Waals surface area contributed by atoms with E-state index in [2.05, 4.69) is 19.6 Å². The van der Waals surface area contributed by atoms with Gasteiger partial charge in [0, 0.05) is 72.5 Å². The van der Waals surface area contributed by atoms with E-state index in [0.29, 0.717) is 5.41 Å². The largest absolute Gasteiger partial charge is 0.294 e. The first-order chi connectivity index (χ1) is 57.7. The Balaban J connectivity index is 0.861. The van der Waals surface area contributed by atoms with Gasteiger partial charge in [0.2, 0.25) is 0 Å². The van der Waals surface area contributed by atoms with E-state index in [1.807, 2.05) is 0 Å². The van der Waals surface area contributed by atoms with Gasteiger partial charge in [-0.25, -0.2) is 0 Å². The lowest BCUT2D eigenvalue weighted by Crippen LogP contribution is -2.51. The Kier molecular flexibility index (Phi) is 41.4. The molecule has 14 aliphatic rings. The monoisotopic (exact) mass is 1600 g/mol. The first kappa shape index (κ1) is 92.0. The Bertz CT molecular complexity index is 2360. The Morgan fingerprint density at radius 2 is 0.207 bits per heavy atom. The minimum Gasteiger partial charge on any atom is -0.294 e. The molecule has 116 heavy (non-hydrogen) atoms. The zero-order chi connectivity index (χ0) is 78.7. The third-order valence-electron chi connectivity index (χ3n) is 38.7. The summed E-state index contributed by atoms with van der Waals surface area (Å²) < 4.78 is 0. The van der Waals surface area contributed by atoms with Gasteiger partial charge in [-0.1, -0.05) is 379 Å². The smallest absolute Gasteiger partial charge is 0.0101 e. The molecular formula is C112H202N4. The van der Waals surface area contributed by atoms with Gasteiger partial charge >= 0.3 is 0 Å². The topological polar surface area (TPSA) is 13.0 Å². The lowest BCUT2D eigenvalue weighted by Gasteiger charge is -2.51. The summed E-state index contributed by atoms with van der Waals surface area (Å²) in [6.07, 6.45) is 140. The van der Waals surface area contributed by atoms with Crippen molar-refractivity contribution in [2.75, 3.05) is 0 Å². The minimum absolute atomic E-state index is 0.556. The molecule has 0 aliphatic heterocycles. The first-order valence-corrected chi connectivity index (χ1v) is 56.8. The SMILES string of the molecule is C1CCCCC(N(C2CCCCCCCC2)C2CCCC3C4CCCC(N(C5CCCCCCCCC5)C5CCCCCCCC5)CCCC4C4(C3CCC2)C2CCCC(N(C3CCCCCCCCC3)C3CCCCCCCC3)CCCC2C2CCC(N(C3CCCCCCCCC3)C3CCCCCCCC3)CCCC24)CCCC1. The van der Waals surface area contributed by atoms with Gasteiger partial charge in [-0.3, -0.25) is 19.6 Å². The van der Waals surface area contributed by atoms with Crippen LogP contribution in [0.15, 0.2) is 0 Å². The fraction of sp³-hybridized carbons (Fsp3) is 1.00. The maximum atomic E-state index is 3.56. The van der Waals surface area contributed by atoms with E-state index in [1.54, 1.807) is 148 Å². The number of hydrogen-bond acceptors (Lipinski definition) is 4. The van der Waals surface area contributed by atoms with Crippen molar-refractivity contribution >= 4 is 0 Å². The molecule has 14 rings (SSSR count). The highest BCUT2D eigenvalue weighted by atomic mass is 15.2. The van der Waals surface area contributed by atoms with Gasteiger partial charge in [-0.05, 0) is 258 Å². The number of hydrogen-bond donors (Lipinski definition) is 0. The van der Waals surface area contributed by atoms with Crippen LogP contribution in [0, 0.1) is 52.8 Å². The van der Waals surface area contributed by atoms with E-state index in [0.717, 1.165) is 120 Å². The molecule has 0 bridgehead atoms. The summed E-state index contributed by atoms with van der Waals surface area (Å²) in [7, 11) is 0. The third kappa shape index (κ3) is 26.3. The van der Waals surface area contributed by atoms with Crippen LogP contribution in [0.25, 0.3) is 0 Å². The van der Waals surface area contributed by atoms with Gasteiger partial charge in [-0.2, -0.15) is 0 Å². The summed E-state index contributed by atoms with van der Waals surface area (Å²) in [4.78, 5) is 14.2. The van der Waals surface area contributed by atoms with Crippen LogP contribution in [0.3, 0.4) is 0 Å². The van der Waals surface area contributed by atoms with Crippen molar-refractivity contribution in [2.45, 2.75) is 657 Å². The fourth-order valence-electron chi connectivity index (χ4n) is 33.6. The van der Waals surface area contributed by atoms with Crippen LogP contribution in [0.2, 0.25) is 0 Å². The van der Waals surface area contributed by atoms with E-state index >= 15 is 0 Å². The molecule has 14 fully saturated rings. The number of rotatable bonds is 12. The molecule has 670 valence electrons. The summed E-state index contributed by atoms with van der Waals surface area (Å²) in [5, 5.41) is 0. The lowest BCUT2D eigenvalue weighted by atomic mass is 9.54. The van der Waals surface area contributed by atoms with Crippen molar-refractivity contribution < 1.29 is 0 Å². The third-order valence-corrected chi connectivity index (χ3v) is 38.7. The summed E-state index contributed by atoms with van der Waals surface area (Å²) in [6, 6.07) is 10.2. The minimum atomic E-state index is 0.556. The standard InChI is InChI=1S/C112H202N4/c1-5-21-37-60-92(61-38-22-6-1)113(95-66-45-29-13-14-30-46-67-95)100-76-53-83-104-105-84-54-77-101(114(96-68-47-31-15-16-32-48-69-96)93-62-39-23-7-2-8-24-40-63-93)80-57-87-109(105)112(108(104)86-56-79-100)110-88-58-81-102(115(97-70-49-33-17-18-34-50-71-97)94-64-41-25-9-3-10-26-42-65-94)78-55-85-106(110)107-91-90-103(82-59-89-111(107)112)116(99-74-51-35-19-20-36-52-75-99)98-72-43-27-11-4-12-28-44-73-98/h92-111H,1-91H2. The van der Waals surface area contributed by atoms with Crippen molar-refractivity contribution in [3.63, 3.8) is 0 Å². The van der Waals surface area contributed by atoms with Crippen LogP contribution in [0.5, 0.6) is 0 Å². The Labute approximate surface area is 724 Å². The normalized spacial score (nSPS) is 36.3. The van der Waals surface area contributed by atoms with Crippen LogP contribution in [-0.2, 0) is 0 Å². The maximum absolute atomic E-state index is 3.56. The van der Waals surface area contributed by atoms with E-state index < -0.39 is 0 Å². The molecule has 0 amide bonds. The van der Waals surface area contributed by atoms with Crippen molar-refractivity contribution in [3.8, 4) is 0 Å². The van der Waals surface area contributed by atoms with Crippen LogP contribution < -0.4 is 0 Å². The van der Waals surface area contributed by atoms with E-state index in [-0.39, 0.29) is 0 Å². The van der Waals surface area contributed by atoms with Gasteiger partial charge in [0.1, 0.15) is 0 Å². The summed E-state index contributed by atoms with van der Waals surface area (Å²) >= 11 is 0. The maximum Gasteiger partial charge on any atom is 0.0101 e. The molecule has 4 heteroatoms. The highest BCUT2D eigenvalue weighted by molar-refractivity contribution is 5.19. The quantitative estimate of drug-likeness (QED) is 0.193. The average Bonchev–Trinajstić information content (AvgIpc) is 1.52. The molecule has 0 radical (unpaired) electrons. The average molecular weight is 1600 g/mol. The van der Waals surface area contributed by atoms with Crippen LogP contribution in [0.4, 0.5) is 0 Å². The second kappa shape index (κ2) is 52.2. The predicted molar refractivity (Wildman–Crippen MR) is 503 cm³/mol. The highest BCUT2D eigenvalue weighted by Gasteiger charge is 2.70. The molecule has 0 aromatic rings. The molecule has 4 nitrogen and oxygen atoms in total. The van der Waals surface area contributed by atoms with Gasteiger partial charge in [0.25, 0.3) is 0 Å². The summed E-state index contributed by atoms with van der Waals surface area (Å²) in [5.41, 5.74) is 0.556. The Hall–Kier alpha value is -0.160. The molecule has 14 aliphatic carbocycles. The number of fused-ring (bicyclic) bond motifs is 10. The molecule has 0 N–H and O–H groups in total. The second-order valence-corrected chi connectivity index (χ2v) is 45.8. The molecule has 0 aromatic carbocycles. The van der Waals surface area contributed by atoms with Crippen LogP contribution in [0.1, 0.15) is 584 Å². The van der Waals surface area contributed by atoms with Gasteiger partial charge in [0.05, 0.1) is 0 Å². The van der Waals surface area contributed by atoms with E-state index in [9.17, 15) is 0 Å². The van der Waals surface area contributed by atoms with Crippen LogP contribution in [-0.4, -0.2) is 92.1 Å². The predicted octanol–water partition coefficient (Wildman–Crippen LogP) is 34.2. The molecule has 0 saturated heterocycles. The molecule has 14 saturated carbocycles.